The molecule has 3 rings (SSSR count). The summed E-state index contributed by atoms with van der Waals surface area (Å²) < 4.78 is 1.97. The average molecular weight is 278 g/mol. The molecular formula is C14H18N2O2S. The number of aliphatic carboxylic acids is 1. The van der Waals surface area contributed by atoms with E-state index in [1.165, 1.54) is 0 Å². The van der Waals surface area contributed by atoms with Gasteiger partial charge in [0, 0.05) is 24.2 Å². The molecule has 1 aliphatic rings. The van der Waals surface area contributed by atoms with E-state index in [1.807, 2.05) is 22.2 Å². The number of fused-ring (bicyclic) bond motifs is 1. The second-order valence-electron chi connectivity index (χ2n) is 5.60. The van der Waals surface area contributed by atoms with Gasteiger partial charge in [-0.1, -0.05) is 13.3 Å². The third-order valence-corrected chi connectivity index (χ3v) is 5.17. The summed E-state index contributed by atoms with van der Waals surface area (Å²) in [5, 5.41) is 11.6. The Hall–Kier alpha value is -1.36. The molecule has 0 aromatic carbocycles. The molecule has 1 saturated carbocycles. The fourth-order valence-corrected chi connectivity index (χ4v) is 3.94. The number of carboxylic acid groups (broad SMARTS) is 1. The molecule has 1 N–H and O–H groups in total. The summed E-state index contributed by atoms with van der Waals surface area (Å²) in [6.45, 7) is 2.15. The summed E-state index contributed by atoms with van der Waals surface area (Å²) in [4.78, 5) is 17.2. The Morgan fingerprint density at radius 2 is 2.53 bits per heavy atom. The van der Waals surface area contributed by atoms with E-state index in [1.54, 1.807) is 11.3 Å². The van der Waals surface area contributed by atoms with Gasteiger partial charge in [0.15, 0.2) is 4.96 Å². The van der Waals surface area contributed by atoms with Crippen LogP contribution in [0.3, 0.4) is 0 Å². The van der Waals surface area contributed by atoms with E-state index < -0.39 is 11.4 Å². The number of carboxylic acids is 1. The van der Waals surface area contributed by atoms with Crippen molar-refractivity contribution in [1.82, 2.24) is 9.38 Å². The van der Waals surface area contributed by atoms with Gasteiger partial charge in [0.2, 0.25) is 0 Å². The average Bonchev–Trinajstić information content (AvgIpc) is 3.03. The van der Waals surface area contributed by atoms with Crippen LogP contribution >= 0.6 is 11.3 Å². The van der Waals surface area contributed by atoms with Crippen molar-refractivity contribution >= 4 is 22.3 Å². The van der Waals surface area contributed by atoms with Crippen molar-refractivity contribution in [1.29, 1.82) is 0 Å². The van der Waals surface area contributed by atoms with E-state index in [0.29, 0.717) is 12.3 Å². The molecule has 0 aliphatic heterocycles. The number of hydrogen-bond donors (Lipinski definition) is 1. The summed E-state index contributed by atoms with van der Waals surface area (Å²) in [7, 11) is 0. The van der Waals surface area contributed by atoms with Crippen molar-refractivity contribution in [3.05, 3.63) is 23.5 Å². The number of nitrogens with zero attached hydrogens (tertiary/aromatic N) is 2. The molecule has 1 aliphatic carbocycles. The molecule has 5 heteroatoms. The van der Waals surface area contributed by atoms with Crippen LogP contribution in [0.4, 0.5) is 0 Å². The van der Waals surface area contributed by atoms with Crippen LogP contribution in [0.15, 0.2) is 17.8 Å². The Kier molecular flexibility index (Phi) is 3.09. The molecule has 2 aromatic heterocycles. The van der Waals surface area contributed by atoms with Crippen LogP contribution in [-0.2, 0) is 11.2 Å². The maximum atomic E-state index is 11.7. The summed E-state index contributed by atoms with van der Waals surface area (Å²) in [6.07, 6.45) is 8.19. The molecule has 102 valence electrons. The Morgan fingerprint density at radius 3 is 3.16 bits per heavy atom. The van der Waals surface area contributed by atoms with Gasteiger partial charge in [-0.2, -0.15) is 0 Å². The van der Waals surface area contributed by atoms with Crippen molar-refractivity contribution in [2.45, 2.75) is 39.0 Å². The highest BCUT2D eigenvalue weighted by molar-refractivity contribution is 7.15. The Bertz CT molecular complexity index is 575. The van der Waals surface area contributed by atoms with E-state index in [0.717, 1.165) is 36.3 Å². The van der Waals surface area contributed by atoms with Gasteiger partial charge in [-0.3, -0.25) is 9.20 Å². The predicted molar refractivity (Wildman–Crippen MR) is 74.5 cm³/mol. The second-order valence-corrected chi connectivity index (χ2v) is 6.48. The van der Waals surface area contributed by atoms with Gasteiger partial charge in [-0.15, -0.1) is 11.3 Å². The van der Waals surface area contributed by atoms with Crippen LogP contribution in [0.5, 0.6) is 0 Å². The Labute approximate surface area is 116 Å². The molecular weight excluding hydrogens is 260 g/mol. The molecule has 2 atom stereocenters. The highest BCUT2D eigenvalue weighted by Crippen LogP contribution is 2.45. The van der Waals surface area contributed by atoms with E-state index in [9.17, 15) is 9.90 Å². The van der Waals surface area contributed by atoms with E-state index in [-0.39, 0.29) is 0 Å². The zero-order chi connectivity index (χ0) is 13.5. The molecule has 0 spiro atoms. The SMILES string of the molecule is CCC1CCC(Cc2cn3ccsc3n2)(C(=O)O)C1. The minimum atomic E-state index is -0.653. The summed E-state index contributed by atoms with van der Waals surface area (Å²) in [6, 6.07) is 0. The normalized spacial score (nSPS) is 27.1. The molecule has 4 nitrogen and oxygen atoms in total. The first-order valence-corrected chi connectivity index (χ1v) is 7.65. The summed E-state index contributed by atoms with van der Waals surface area (Å²) in [5.41, 5.74) is 0.316. The highest BCUT2D eigenvalue weighted by atomic mass is 32.1. The van der Waals surface area contributed by atoms with Crippen molar-refractivity contribution < 1.29 is 9.90 Å². The molecule has 0 bridgehead atoms. The van der Waals surface area contributed by atoms with Crippen LogP contribution in [0.1, 0.15) is 38.3 Å². The number of thiazole rings is 1. The van der Waals surface area contributed by atoms with Gasteiger partial charge >= 0.3 is 5.97 Å². The first-order valence-electron chi connectivity index (χ1n) is 6.77. The third-order valence-electron chi connectivity index (χ3n) is 4.40. The van der Waals surface area contributed by atoms with Gasteiger partial charge in [0.25, 0.3) is 0 Å². The molecule has 2 unspecified atom stereocenters. The first kappa shape index (κ1) is 12.7. The van der Waals surface area contributed by atoms with Crippen molar-refractivity contribution in [2.24, 2.45) is 11.3 Å². The number of hydrogen-bond acceptors (Lipinski definition) is 3. The van der Waals surface area contributed by atoms with Crippen molar-refractivity contribution in [3.63, 3.8) is 0 Å². The van der Waals surface area contributed by atoms with Gasteiger partial charge in [-0.05, 0) is 25.2 Å². The smallest absolute Gasteiger partial charge is 0.310 e. The number of carbonyl (C=O) groups is 1. The third kappa shape index (κ3) is 2.16. The number of rotatable bonds is 4. The molecule has 0 saturated heterocycles. The standard InChI is InChI=1S/C14H18N2O2S/c1-2-10-3-4-14(7-10,12(17)18)8-11-9-16-5-6-19-13(16)15-11/h5-6,9-10H,2-4,7-8H2,1H3,(H,17,18). The quantitative estimate of drug-likeness (QED) is 0.934. The fourth-order valence-electron chi connectivity index (χ4n) is 3.22. The van der Waals surface area contributed by atoms with Crippen LogP contribution in [-0.4, -0.2) is 20.5 Å². The predicted octanol–water partition coefficient (Wildman–Crippen LogP) is 3.22. The summed E-state index contributed by atoms with van der Waals surface area (Å²) >= 11 is 1.58. The molecule has 19 heavy (non-hydrogen) atoms. The fraction of sp³-hybridized carbons (Fsp3) is 0.571. The van der Waals surface area contributed by atoms with Crippen LogP contribution < -0.4 is 0 Å². The Balaban J connectivity index is 1.86. The zero-order valence-electron chi connectivity index (χ0n) is 11.0. The van der Waals surface area contributed by atoms with E-state index in [4.69, 9.17) is 0 Å². The van der Waals surface area contributed by atoms with Gasteiger partial charge in [-0.25, -0.2) is 4.98 Å². The maximum Gasteiger partial charge on any atom is 0.310 e. The second kappa shape index (κ2) is 4.63. The van der Waals surface area contributed by atoms with Gasteiger partial charge in [0.05, 0.1) is 11.1 Å². The number of imidazole rings is 1. The van der Waals surface area contributed by atoms with Gasteiger partial charge in [0.1, 0.15) is 0 Å². The monoisotopic (exact) mass is 278 g/mol. The minimum absolute atomic E-state index is 0.555. The lowest BCUT2D eigenvalue weighted by Gasteiger charge is -2.23. The highest BCUT2D eigenvalue weighted by Gasteiger charge is 2.45. The molecule has 1 fully saturated rings. The van der Waals surface area contributed by atoms with Crippen LogP contribution in [0, 0.1) is 11.3 Å². The topological polar surface area (TPSA) is 54.6 Å². The molecule has 2 aromatic rings. The molecule has 2 heterocycles. The largest absolute Gasteiger partial charge is 0.481 e. The zero-order valence-corrected chi connectivity index (χ0v) is 11.8. The number of aromatic nitrogens is 2. The van der Waals surface area contributed by atoms with Crippen LogP contribution in [0.25, 0.3) is 4.96 Å². The lowest BCUT2D eigenvalue weighted by molar-refractivity contribution is -0.148. The van der Waals surface area contributed by atoms with E-state index in [2.05, 4.69) is 11.9 Å². The van der Waals surface area contributed by atoms with Crippen molar-refractivity contribution in [2.75, 3.05) is 0 Å². The Morgan fingerprint density at radius 1 is 1.68 bits per heavy atom. The first-order chi connectivity index (χ1) is 9.13. The van der Waals surface area contributed by atoms with E-state index >= 15 is 0 Å². The van der Waals surface area contributed by atoms with Crippen molar-refractivity contribution in [3.8, 4) is 0 Å². The molecule has 0 amide bonds. The van der Waals surface area contributed by atoms with Crippen LogP contribution in [0.2, 0.25) is 0 Å². The summed E-state index contributed by atoms with van der Waals surface area (Å²) in [5.74, 6) is -0.0976. The maximum absolute atomic E-state index is 11.7. The lowest BCUT2D eigenvalue weighted by atomic mass is 9.80. The minimum Gasteiger partial charge on any atom is -0.481 e. The van der Waals surface area contributed by atoms with Gasteiger partial charge < -0.3 is 5.11 Å². The molecule has 0 radical (unpaired) electrons. The lowest BCUT2D eigenvalue weighted by Crippen LogP contribution is -2.31.